The number of halogens is 2. The van der Waals surface area contributed by atoms with Crippen molar-refractivity contribution in [2.45, 2.75) is 45.2 Å². The number of amides is 2. The highest BCUT2D eigenvalue weighted by Gasteiger charge is 2.23. The Labute approximate surface area is 150 Å². The highest BCUT2D eigenvalue weighted by molar-refractivity contribution is 9.11. The van der Waals surface area contributed by atoms with Crippen LogP contribution >= 0.6 is 39.7 Å². The first-order chi connectivity index (χ1) is 9.81. The molecule has 1 aromatic heterocycles. The summed E-state index contributed by atoms with van der Waals surface area (Å²) in [5.74, 6) is -0.478. The van der Waals surface area contributed by atoms with Gasteiger partial charge in [0, 0.05) is 12.1 Å². The Hall–Kier alpha value is -0.630. The van der Waals surface area contributed by atoms with Crippen molar-refractivity contribution in [1.29, 1.82) is 0 Å². The molecular weight excluding hydrogens is 390 g/mol. The van der Waals surface area contributed by atoms with E-state index in [1.54, 1.807) is 19.1 Å². The third kappa shape index (κ3) is 6.24. The second-order valence-electron chi connectivity index (χ2n) is 5.09. The molecule has 22 heavy (non-hydrogen) atoms. The van der Waals surface area contributed by atoms with Gasteiger partial charge in [-0.15, -0.1) is 23.7 Å². The summed E-state index contributed by atoms with van der Waals surface area (Å²) >= 11 is 4.63. The van der Waals surface area contributed by atoms with Crippen LogP contribution in [0.25, 0.3) is 0 Å². The van der Waals surface area contributed by atoms with Crippen LogP contribution in [-0.2, 0) is 4.79 Å². The lowest BCUT2D eigenvalue weighted by Crippen LogP contribution is -2.53. The van der Waals surface area contributed by atoms with Crippen LogP contribution in [0.2, 0.25) is 0 Å². The number of nitrogens with one attached hydrogen (secondary N) is 2. The molecule has 0 aromatic carbocycles. The van der Waals surface area contributed by atoms with E-state index in [0.717, 1.165) is 16.6 Å². The highest BCUT2D eigenvalue weighted by Crippen LogP contribution is 2.21. The molecule has 0 spiro atoms. The van der Waals surface area contributed by atoms with Crippen molar-refractivity contribution in [3.63, 3.8) is 0 Å². The zero-order valence-electron chi connectivity index (χ0n) is 12.9. The van der Waals surface area contributed by atoms with Gasteiger partial charge in [0.1, 0.15) is 6.04 Å². The molecule has 0 fully saturated rings. The molecule has 5 nitrogen and oxygen atoms in total. The number of carbonyl (C=O) groups excluding carboxylic acids is 2. The molecule has 1 unspecified atom stereocenters. The van der Waals surface area contributed by atoms with Crippen molar-refractivity contribution < 1.29 is 9.59 Å². The van der Waals surface area contributed by atoms with Gasteiger partial charge in [-0.25, -0.2) is 0 Å². The lowest BCUT2D eigenvalue weighted by Gasteiger charge is -2.27. The zero-order valence-corrected chi connectivity index (χ0v) is 16.2. The van der Waals surface area contributed by atoms with E-state index in [9.17, 15) is 9.59 Å². The summed E-state index contributed by atoms with van der Waals surface area (Å²) in [7, 11) is 0. The van der Waals surface area contributed by atoms with Crippen molar-refractivity contribution in [2.75, 3.05) is 6.54 Å². The van der Waals surface area contributed by atoms with Crippen LogP contribution in [-0.4, -0.2) is 29.9 Å². The summed E-state index contributed by atoms with van der Waals surface area (Å²) in [5, 5.41) is 5.48. The number of nitrogens with two attached hydrogens (primary N) is 1. The summed E-state index contributed by atoms with van der Waals surface area (Å²) < 4.78 is 0.878. The molecule has 0 saturated carbocycles. The Morgan fingerprint density at radius 1 is 1.36 bits per heavy atom. The normalized spacial score (nSPS) is 12.2. The molecule has 1 heterocycles. The summed E-state index contributed by atoms with van der Waals surface area (Å²) in [6.07, 6.45) is 1.57. The van der Waals surface area contributed by atoms with Crippen LogP contribution in [0.4, 0.5) is 0 Å². The number of rotatable bonds is 7. The topological polar surface area (TPSA) is 84.2 Å². The Morgan fingerprint density at radius 3 is 2.41 bits per heavy atom. The van der Waals surface area contributed by atoms with Gasteiger partial charge in [0.25, 0.3) is 5.91 Å². The Morgan fingerprint density at radius 2 is 1.95 bits per heavy atom. The van der Waals surface area contributed by atoms with Crippen LogP contribution in [0, 0.1) is 0 Å². The van der Waals surface area contributed by atoms with Gasteiger partial charge in [-0.1, -0.05) is 13.8 Å². The molecule has 1 atom stereocenters. The number of carbonyl (C=O) groups is 2. The SMILES string of the molecule is CCC(N)(CC)CNC(=O)C(C)NC(=O)c1ccc(Br)s1.Cl. The fraction of sp³-hybridized carbons (Fsp3) is 0.571. The zero-order chi connectivity index (χ0) is 16.0. The molecule has 0 aliphatic rings. The summed E-state index contributed by atoms with van der Waals surface area (Å²) in [5.41, 5.74) is 5.74. The van der Waals surface area contributed by atoms with E-state index in [0.29, 0.717) is 11.4 Å². The minimum absolute atomic E-state index is 0. The summed E-state index contributed by atoms with van der Waals surface area (Å²) in [6, 6.07) is 2.92. The summed E-state index contributed by atoms with van der Waals surface area (Å²) in [6.45, 7) is 6.06. The van der Waals surface area contributed by atoms with E-state index < -0.39 is 11.6 Å². The van der Waals surface area contributed by atoms with Gasteiger partial charge in [-0.2, -0.15) is 0 Å². The van der Waals surface area contributed by atoms with Gasteiger partial charge in [-0.3, -0.25) is 9.59 Å². The standard InChI is InChI=1S/C14H22BrN3O2S.ClH/c1-4-14(16,5-2)8-17-12(19)9(3)18-13(20)10-6-7-11(15)21-10;/h6-7,9H,4-5,8,16H2,1-3H3,(H,17,19)(H,18,20);1H. The molecule has 1 rings (SSSR count). The van der Waals surface area contributed by atoms with E-state index in [1.165, 1.54) is 11.3 Å². The fourth-order valence-electron chi connectivity index (χ4n) is 1.69. The first-order valence-electron chi connectivity index (χ1n) is 6.94. The second kappa shape index (κ2) is 9.50. The third-order valence-electron chi connectivity index (χ3n) is 3.56. The number of hydrogen-bond acceptors (Lipinski definition) is 4. The molecule has 0 radical (unpaired) electrons. The fourth-order valence-corrected chi connectivity index (χ4v) is 2.98. The quantitative estimate of drug-likeness (QED) is 0.644. The average molecular weight is 413 g/mol. The first kappa shape index (κ1) is 21.4. The molecule has 1 aromatic rings. The van der Waals surface area contributed by atoms with Gasteiger partial charge >= 0.3 is 0 Å². The third-order valence-corrected chi connectivity index (χ3v) is 5.18. The van der Waals surface area contributed by atoms with Crippen LogP contribution in [0.5, 0.6) is 0 Å². The van der Waals surface area contributed by atoms with E-state index in [1.807, 2.05) is 13.8 Å². The van der Waals surface area contributed by atoms with E-state index in [4.69, 9.17) is 5.73 Å². The molecule has 0 bridgehead atoms. The van der Waals surface area contributed by atoms with Gasteiger partial charge in [-0.05, 0) is 47.8 Å². The van der Waals surface area contributed by atoms with Gasteiger partial charge in [0.2, 0.25) is 5.91 Å². The van der Waals surface area contributed by atoms with Crippen LogP contribution in [0.15, 0.2) is 15.9 Å². The largest absolute Gasteiger partial charge is 0.352 e. The van der Waals surface area contributed by atoms with Crippen molar-refractivity contribution >= 4 is 51.5 Å². The van der Waals surface area contributed by atoms with E-state index in [2.05, 4.69) is 26.6 Å². The van der Waals surface area contributed by atoms with Crippen LogP contribution in [0.1, 0.15) is 43.3 Å². The van der Waals surface area contributed by atoms with Gasteiger partial charge in [0.05, 0.1) is 8.66 Å². The van der Waals surface area contributed by atoms with Crippen molar-refractivity contribution in [1.82, 2.24) is 10.6 Å². The maximum absolute atomic E-state index is 12.0. The molecule has 2 amide bonds. The Kier molecular flexibility index (Phi) is 9.22. The van der Waals surface area contributed by atoms with Gasteiger partial charge < -0.3 is 16.4 Å². The minimum atomic E-state index is -0.601. The van der Waals surface area contributed by atoms with Crippen molar-refractivity contribution in [3.05, 3.63) is 20.8 Å². The smallest absolute Gasteiger partial charge is 0.262 e. The average Bonchev–Trinajstić information content (AvgIpc) is 2.91. The minimum Gasteiger partial charge on any atom is -0.352 e. The van der Waals surface area contributed by atoms with Crippen molar-refractivity contribution in [3.8, 4) is 0 Å². The summed E-state index contributed by atoms with van der Waals surface area (Å²) in [4.78, 5) is 24.5. The van der Waals surface area contributed by atoms with E-state index >= 15 is 0 Å². The Balaban J connectivity index is 0.00000441. The van der Waals surface area contributed by atoms with E-state index in [-0.39, 0.29) is 24.2 Å². The second-order valence-corrected chi connectivity index (χ2v) is 7.55. The molecule has 4 N–H and O–H groups in total. The predicted octanol–water partition coefficient (Wildman–Crippen LogP) is 2.68. The lowest BCUT2D eigenvalue weighted by atomic mass is 9.94. The number of hydrogen-bond donors (Lipinski definition) is 3. The monoisotopic (exact) mass is 411 g/mol. The van der Waals surface area contributed by atoms with Crippen LogP contribution < -0.4 is 16.4 Å². The van der Waals surface area contributed by atoms with Crippen LogP contribution in [0.3, 0.4) is 0 Å². The van der Waals surface area contributed by atoms with Gasteiger partial charge in [0.15, 0.2) is 0 Å². The lowest BCUT2D eigenvalue weighted by molar-refractivity contribution is -0.122. The predicted molar refractivity (Wildman–Crippen MR) is 96.7 cm³/mol. The molecule has 8 heteroatoms. The molecule has 0 saturated heterocycles. The molecule has 0 aliphatic heterocycles. The maximum Gasteiger partial charge on any atom is 0.262 e. The van der Waals surface area contributed by atoms with Crippen molar-refractivity contribution in [2.24, 2.45) is 5.73 Å². The number of thiophene rings is 1. The maximum atomic E-state index is 12.0. The molecule has 126 valence electrons. The molecular formula is C14H23BrClN3O2S. The first-order valence-corrected chi connectivity index (χ1v) is 8.55. The molecule has 0 aliphatic carbocycles. The Bertz CT molecular complexity index is 506. The highest BCUT2D eigenvalue weighted by atomic mass is 79.9.